The summed E-state index contributed by atoms with van der Waals surface area (Å²) in [5.74, 6) is -0.841. The largest absolute Gasteiger partial charge is 0.491 e. The Bertz CT molecular complexity index is 583. The highest BCUT2D eigenvalue weighted by atomic mass is 32.1. The molecule has 0 aliphatic rings. The van der Waals surface area contributed by atoms with Crippen LogP contribution < -0.4 is 10.5 Å². The van der Waals surface area contributed by atoms with Crippen molar-refractivity contribution in [2.75, 3.05) is 6.61 Å². The maximum absolute atomic E-state index is 13.6. The Morgan fingerprint density at radius 2 is 2.33 bits per heavy atom. The highest BCUT2D eigenvalue weighted by Gasteiger charge is 2.11. The molecule has 0 fully saturated rings. The van der Waals surface area contributed by atoms with Gasteiger partial charge in [-0.25, -0.2) is 9.37 Å². The molecule has 4 nitrogen and oxygen atoms in total. The molecule has 1 aromatic heterocycles. The molecular formula is C12H11FN2O2S. The molecule has 0 saturated carbocycles. The topological polar surface area (TPSA) is 65.2 Å². The summed E-state index contributed by atoms with van der Waals surface area (Å²) in [5.41, 5.74) is 6.22. The molecule has 2 N–H and O–H groups in total. The third-order valence-electron chi connectivity index (χ3n) is 2.24. The highest BCUT2D eigenvalue weighted by Crippen LogP contribution is 2.26. The lowest BCUT2D eigenvalue weighted by atomic mass is 10.1. The number of hydrogen-bond donors (Lipinski definition) is 1. The molecule has 0 saturated heterocycles. The maximum atomic E-state index is 13.6. The fourth-order valence-electron chi connectivity index (χ4n) is 1.45. The lowest BCUT2D eigenvalue weighted by Crippen LogP contribution is -2.10. The second kappa shape index (κ2) is 5.14. The number of benzene rings is 1. The van der Waals surface area contributed by atoms with Crippen LogP contribution in [0.4, 0.5) is 4.39 Å². The van der Waals surface area contributed by atoms with Crippen LogP contribution in [0, 0.1) is 5.82 Å². The molecule has 0 atom stereocenters. The molecule has 0 aliphatic carbocycles. The Morgan fingerprint density at radius 1 is 1.56 bits per heavy atom. The smallest absolute Gasteiger partial charge is 0.277 e. The van der Waals surface area contributed by atoms with E-state index in [-0.39, 0.29) is 10.8 Å². The van der Waals surface area contributed by atoms with E-state index >= 15 is 0 Å². The van der Waals surface area contributed by atoms with Crippen molar-refractivity contribution < 1.29 is 13.9 Å². The Labute approximate surface area is 107 Å². The zero-order valence-corrected chi connectivity index (χ0v) is 10.5. The summed E-state index contributed by atoms with van der Waals surface area (Å²) in [6.45, 7) is 2.19. The van der Waals surface area contributed by atoms with E-state index in [4.69, 9.17) is 10.5 Å². The fourth-order valence-corrected chi connectivity index (χ4v) is 2.13. The lowest BCUT2D eigenvalue weighted by Gasteiger charge is -2.05. The van der Waals surface area contributed by atoms with Gasteiger partial charge < -0.3 is 10.5 Å². The van der Waals surface area contributed by atoms with Crippen molar-refractivity contribution in [3.05, 3.63) is 34.4 Å². The van der Waals surface area contributed by atoms with Gasteiger partial charge in [0.25, 0.3) is 5.91 Å². The van der Waals surface area contributed by atoms with E-state index in [2.05, 4.69) is 4.98 Å². The van der Waals surface area contributed by atoms with Gasteiger partial charge in [-0.2, -0.15) is 0 Å². The predicted octanol–water partition coefficient (Wildman–Crippen LogP) is 2.45. The van der Waals surface area contributed by atoms with Gasteiger partial charge in [0.2, 0.25) is 0 Å². The van der Waals surface area contributed by atoms with Gasteiger partial charge in [0.1, 0.15) is 0 Å². The average molecular weight is 266 g/mol. The van der Waals surface area contributed by atoms with Crippen LogP contribution in [0.25, 0.3) is 11.3 Å². The molecule has 1 aromatic carbocycles. The molecule has 0 aliphatic heterocycles. The van der Waals surface area contributed by atoms with Crippen LogP contribution in [0.3, 0.4) is 0 Å². The van der Waals surface area contributed by atoms with Crippen molar-refractivity contribution in [1.29, 1.82) is 0 Å². The van der Waals surface area contributed by atoms with Gasteiger partial charge in [-0.3, -0.25) is 4.79 Å². The molecular weight excluding hydrogens is 255 g/mol. The third-order valence-corrected chi connectivity index (χ3v) is 3.10. The van der Waals surface area contributed by atoms with Crippen molar-refractivity contribution in [3.63, 3.8) is 0 Å². The number of nitrogens with zero attached hydrogens (tertiary/aromatic N) is 1. The first-order valence-electron chi connectivity index (χ1n) is 5.30. The summed E-state index contributed by atoms with van der Waals surface area (Å²) in [4.78, 5) is 15.0. The van der Waals surface area contributed by atoms with E-state index in [1.165, 1.54) is 12.1 Å². The molecule has 0 radical (unpaired) electrons. The normalized spacial score (nSPS) is 10.3. The number of halogens is 1. The van der Waals surface area contributed by atoms with Crippen LogP contribution >= 0.6 is 11.3 Å². The number of carbonyl (C=O) groups excluding carboxylic acids is 1. The van der Waals surface area contributed by atoms with Crippen LogP contribution in [0.2, 0.25) is 0 Å². The summed E-state index contributed by atoms with van der Waals surface area (Å²) in [6.07, 6.45) is 0. The van der Waals surface area contributed by atoms with Gasteiger partial charge in [-0.1, -0.05) is 0 Å². The second-order valence-corrected chi connectivity index (χ2v) is 4.34. The Kier molecular flexibility index (Phi) is 3.57. The van der Waals surface area contributed by atoms with Crippen LogP contribution in [0.5, 0.6) is 5.75 Å². The fraction of sp³-hybridized carbons (Fsp3) is 0.167. The number of hydrogen-bond acceptors (Lipinski definition) is 4. The third kappa shape index (κ3) is 2.48. The molecule has 6 heteroatoms. The van der Waals surface area contributed by atoms with E-state index in [0.717, 1.165) is 11.3 Å². The molecule has 0 unspecified atom stereocenters. The van der Waals surface area contributed by atoms with Crippen LogP contribution in [-0.4, -0.2) is 17.5 Å². The summed E-state index contributed by atoms with van der Waals surface area (Å²) in [6, 6.07) is 4.55. The van der Waals surface area contributed by atoms with Gasteiger partial charge in [0, 0.05) is 10.9 Å². The van der Waals surface area contributed by atoms with E-state index in [1.54, 1.807) is 18.4 Å². The van der Waals surface area contributed by atoms with Crippen molar-refractivity contribution in [2.24, 2.45) is 5.73 Å². The number of carbonyl (C=O) groups is 1. The quantitative estimate of drug-likeness (QED) is 0.924. The number of aromatic nitrogens is 1. The van der Waals surface area contributed by atoms with E-state index < -0.39 is 11.7 Å². The minimum Gasteiger partial charge on any atom is -0.491 e. The highest BCUT2D eigenvalue weighted by molar-refractivity contribution is 7.12. The molecule has 0 bridgehead atoms. The average Bonchev–Trinajstić information content (AvgIpc) is 2.81. The minimum atomic E-state index is -0.586. The monoisotopic (exact) mass is 266 g/mol. The van der Waals surface area contributed by atoms with E-state index in [0.29, 0.717) is 17.9 Å². The molecule has 1 heterocycles. The maximum Gasteiger partial charge on any atom is 0.277 e. The first kappa shape index (κ1) is 12.5. The zero-order valence-electron chi connectivity index (χ0n) is 9.64. The van der Waals surface area contributed by atoms with E-state index in [9.17, 15) is 9.18 Å². The summed E-state index contributed by atoms with van der Waals surface area (Å²) in [7, 11) is 0. The predicted molar refractivity (Wildman–Crippen MR) is 67.2 cm³/mol. The molecule has 18 heavy (non-hydrogen) atoms. The summed E-state index contributed by atoms with van der Waals surface area (Å²) < 4.78 is 18.8. The number of ether oxygens (including phenoxy) is 1. The van der Waals surface area contributed by atoms with Crippen molar-refractivity contribution in [1.82, 2.24) is 4.98 Å². The summed E-state index contributed by atoms with van der Waals surface area (Å²) >= 11 is 1.13. The number of rotatable bonds is 4. The van der Waals surface area contributed by atoms with Gasteiger partial charge in [-0.15, -0.1) is 11.3 Å². The van der Waals surface area contributed by atoms with Crippen LogP contribution in [0.15, 0.2) is 23.6 Å². The van der Waals surface area contributed by atoms with Crippen molar-refractivity contribution in [2.45, 2.75) is 6.92 Å². The second-order valence-electron chi connectivity index (χ2n) is 3.48. The van der Waals surface area contributed by atoms with Gasteiger partial charge in [0.15, 0.2) is 16.6 Å². The first-order chi connectivity index (χ1) is 8.61. The molecule has 2 rings (SSSR count). The first-order valence-corrected chi connectivity index (χ1v) is 6.18. The number of thiazole rings is 1. The molecule has 94 valence electrons. The number of primary amides is 1. The number of amides is 1. The van der Waals surface area contributed by atoms with Crippen LogP contribution in [0.1, 0.15) is 16.7 Å². The number of nitrogens with two attached hydrogens (primary N) is 1. The van der Waals surface area contributed by atoms with Crippen LogP contribution in [-0.2, 0) is 0 Å². The summed E-state index contributed by atoms with van der Waals surface area (Å²) in [5, 5.41) is 1.87. The standard InChI is InChI=1S/C12H11FN2O2S/c1-2-17-10-4-3-7(5-8(10)13)9-6-18-12(15-9)11(14)16/h3-6H,2H2,1H3,(H2,14,16). The van der Waals surface area contributed by atoms with Gasteiger partial charge in [-0.05, 0) is 25.1 Å². The Morgan fingerprint density at radius 3 is 2.89 bits per heavy atom. The lowest BCUT2D eigenvalue weighted by molar-refractivity contribution is 0.1000. The van der Waals surface area contributed by atoms with Gasteiger partial charge in [0.05, 0.1) is 12.3 Å². The van der Waals surface area contributed by atoms with E-state index in [1.807, 2.05) is 0 Å². The van der Waals surface area contributed by atoms with Crippen molar-refractivity contribution in [3.8, 4) is 17.0 Å². The zero-order chi connectivity index (χ0) is 13.1. The Balaban J connectivity index is 2.33. The van der Waals surface area contributed by atoms with Crippen molar-refractivity contribution >= 4 is 17.2 Å². The molecule has 2 aromatic rings. The Hall–Kier alpha value is -1.95. The van der Waals surface area contributed by atoms with Gasteiger partial charge >= 0.3 is 0 Å². The molecule has 0 spiro atoms. The molecule has 1 amide bonds. The SMILES string of the molecule is CCOc1ccc(-c2csc(C(N)=O)n2)cc1F. The minimum absolute atomic E-state index is 0.201.